The van der Waals surface area contributed by atoms with Crippen molar-refractivity contribution in [3.05, 3.63) is 125 Å². The first kappa shape index (κ1) is 62.8. The number of nitrogens with two attached hydrogens (primary N) is 1. The van der Waals surface area contributed by atoms with E-state index < -0.39 is 35.4 Å². The Morgan fingerprint density at radius 1 is 0.617 bits per heavy atom. The van der Waals surface area contributed by atoms with Crippen molar-refractivity contribution in [2.45, 2.75) is 134 Å². The van der Waals surface area contributed by atoms with E-state index in [2.05, 4.69) is 63.5 Å². The topological polar surface area (TPSA) is 244 Å². The lowest BCUT2D eigenvalue weighted by Gasteiger charge is -2.47. The van der Waals surface area contributed by atoms with Crippen LogP contribution in [0.5, 0.6) is 0 Å². The van der Waals surface area contributed by atoms with Crippen LogP contribution in [0.25, 0.3) is 0 Å². The molecule has 8 amide bonds. The lowest BCUT2D eigenvalue weighted by Crippen LogP contribution is -2.70. The fourth-order valence-electron chi connectivity index (χ4n) is 10.9. The molecule has 436 valence electrons. The number of nitrogens with zero attached hydrogens (tertiary/aromatic N) is 6. The van der Waals surface area contributed by atoms with Crippen LogP contribution in [-0.4, -0.2) is 142 Å². The van der Waals surface area contributed by atoms with E-state index in [1.807, 2.05) is 36.4 Å². The zero-order chi connectivity index (χ0) is 58.3. The van der Waals surface area contributed by atoms with Crippen LogP contribution < -0.4 is 16.4 Å². The number of hydrogen-bond donors (Lipinski definition) is 3. The molecule has 8 rings (SSSR count). The maximum absolute atomic E-state index is 13.5. The lowest BCUT2D eigenvalue weighted by atomic mass is 9.81. The van der Waals surface area contributed by atoms with Crippen LogP contribution in [0.1, 0.15) is 131 Å². The molecule has 4 aliphatic rings. The molecule has 81 heavy (non-hydrogen) atoms. The van der Waals surface area contributed by atoms with Crippen molar-refractivity contribution in [2.75, 3.05) is 59.2 Å². The molecular formula is C61H80ClN9O10. The molecule has 2 aromatic carbocycles. The molecule has 6 atom stereocenters. The largest absolute Gasteiger partial charge is 0.465 e. The maximum Gasteiger partial charge on any atom is 0.403 e. The molecule has 4 saturated heterocycles. The average Bonchev–Trinajstić information content (AvgIpc) is 3.65. The second-order valence-corrected chi connectivity index (χ2v) is 21.3. The van der Waals surface area contributed by atoms with Crippen LogP contribution in [0.4, 0.5) is 20.2 Å². The highest BCUT2D eigenvalue weighted by Crippen LogP contribution is 2.36. The van der Waals surface area contributed by atoms with Crippen LogP contribution >= 0.6 is 11.6 Å². The van der Waals surface area contributed by atoms with E-state index in [0.717, 1.165) is 85.1 Å². The number of esters is 1. The summed E-state index contributed by atoms with van der Waals surface area (Å²) in [7, 11) is 3.02. The minimum atomic E-state index is -0.883. The number of nitrogens with one attached hydrogen (secondary N) is 2. The fraction of sp³-hybridized carbons (Fsp3) is 0.508. The molecule has 0 radical (unpaired) electrons. The first-order chi connectivity index (χ1) is 39.2. The molecule has 19 nitrogen and oxygen atoms in total. The van der Waals surface area contributed by atoms with Gasteiger partial charge in [0.2, 0.25) is 23.6 Å². The summed E-state index contributed by atoms with van der Waals surface area (Å²) in [6.07, 6.45) is 16.0. The summed E-state index contributed by atoms with van der Waals surface area (Å²) in [5.41, 5.74) is 9.54. The third kappa shape index (κ3) is 17.8. The standard InChI is InChI=1S/C31H40N4O5.C23H27N5O3.C7H13ClO2/c1-3-4-5-9-17-40-27(36)20-25-18-22(14-15-33-25)19-26-28(29(37)32-2)35(30(26)38)31(39)34-16-10-13-24(21-34)23-11-7-6-8-12-23;1-25-21(29)20-18(12-15-9-10-26-19(24)13-15)22(30)28(20)23(31)27-11-5-8-17(14-27)16-6-3-2-4-7-16;1-2-3-4-5-6-10-7(8)9/h6-8,11-12,14-15,18,24,26,28H,3-5,9-10,13,16-17,19-21H2,1-2H3,(H,32,37);2-4,6-7,9-10,13,17-18,20H,5,8,11-12,14H2,1H3,(H2,24,26)(H,25,29);2-6H2,1H3/t24-,26-,28+;17-,18-,20+;/m11./s1. The van der Waals surface area contributed by atoms with E-state index in [1.54, 1.807) is 46.5 Å². The SMILES string of the molecule is CCCCCCOC(=O)Cc1cc(C[C@H]2C(=O)N(C(=O)N3CCC[C@@H](c4ccccc4)C3)[C@@H]2C(=O)NC)ccn1.CCCCCCOC(=O)Cl.CNC(=O)[C@@H]1[C@@H](Cc2ccnc(N)c2)C(=O)N1C(=O)N1CCC[C@@H](c2ccccc2)C1. The van der Waals surface area contributed by atoms with Gasteiger partial charge in [-0.05, 0) is 97.9 Å². The van der Waals surface area contributed by atoms with Gasteiger partial charge < -0.3 is 35.6 Å². The Labute approximate surface area is 481 Å². The van der Waals surface area contributed by atoms with Crippen LogP contribution in [0.3, 0.4) is 0 Å². The molecule has 4 aromatic rings. The predicted molar refractivity (Wildman–Crippen MR) is 308 cm³/mol. The van der Waals surface area contributed by atoms with Gasteiger partial charge in [-0.3, -0.25) is 38.8 Å². The molecule has 6 heterocycles. The number of carbonyl (C=O) groups excluding carboxylic acids is 8. The number of imide groups is 2. The quantitative estimate of drug-likeness (QED) is 0.0325. The van der Waals surface area contributed by atoms with Gasteiger partial charge in [0, 0.05) is 76.1 Å². The van der Waals surface area contributed by atoms with E-state index in [9.17, 15) is 38.4 Å². The summed E-state index contributed by atoms with van der Waals surface area (Å²) in [6, 6.07) is 24.7. The molecule has 4 aliphatic heterocycles. The van der Waals surface area contributed by atoms with E-state index in [0.29, 0.717) is 57.3 Å². The first-order valence-corrected chi connectivity index (χ1v) is 29.0. The van der Waals surface area contributed by atoms with Gasteiger partial charge in [0.05, 0.1) is 37.2 Å². The van der Waals surface area contributed by atoms with Crippen molar-refractivity contribution in [3.63, 3.8) is 0 Å². The van der Waals surface area contributed by atoms with Crippen molar-refractivity contribution < 1.29 is 47.8 Å². The Morgan fingerprint density at radius 3 is 1.52 bits per heavy atom. The smallest absolute Gasteiger partial charge is 0.403 e. The van der Waals surface area contributed by atoms with E-state index >= 15 is 0 Å². The fourth-order valence-corrected chi connectivity index (χ4v) is 11.0. The summed E-state index contributed by atoms with van der Waals surface area (Å²) in [4.78, 5) is 115. The molecule has 2 aromatic heterocycles. The number of likely N-dealkylation sites (tertiary alicyclic amines) is 4. The number of anilines is 1. The third-order valence-corrected chi connectivity index (χ3v) is 15.3. The third-order valence-electron chi connectivity index (χ3n) is 15.2. The average molecular weight is 1130 g/mol. The van der Waals surface area contributed by atoms with Crippen LogP contribution in [0.2, 0.25) is 0 Å². The molecule has 0 spiro atoms. The Kier molecular flexibility index (Phi) is 24.9. The monoisotopic (exact) mass is 1130 g/mol. The molecule has 0 saturated carbocycles. The van der Waals surface area contributed by atoms with Crippen molar-refractivity contribution in [1.82, 2.24) is 40.2 Å². The molecule has 0 unspecified atom stereocenters. The van der Waals surface area contributed by atoms with E-state index in [4.69, 9.17) is 22.1 Å². The number of β-lactam (4-membered cyclic amide) rings is 2. The van der Waals surface area contributed by atoms with Crippen LogP contribution in [-0.2, 0) is 52.7 Å². The Balaban J connectivity index is 0.000000228. The van der Waals surface area contributed by atoms with Gasteiger partial charge in [-0.25, -0.2) is 19.4 Å². The number of likely N-dealkylation sites (N-methyl/N-ethyl adjacent to an activating group) is 2. The number of amides is 8. The zero-order valence-electron chi connectivity index (χ0n) is 47.3. The molecular weight excluding hydrogens is 1050 g/mol. The van der Waals surface area contributed by atoms with E-state index in [-0.39, 0.29) is 60.3 Å². The molecule has 4 fully saturated rings. The van der Waals surface area contributed by atoms with Gasteiger partial charge in [-0.1, -0.05) is 113 Å². The van der Waals surface area contributed by atoms with E-state index in [1.165, 1.54) is 38.1 Å². The summed E-state index contributed by atoms with van der Waals surface area (Å²) < 4.78 is 9.84. The second kappa shape index (κ2) is 32.1. The van der Waals surface area contributed by atoms with Gasteiger partial charge in [-0.15, -0.1) is 0 Å². The maximum atomic E-state index is 13.5. The molecule has 0 bridgehead atoms. The number of halogens is 1. The number of piperidine rings is 2. The number of unbranched alkanes of at least 4 members (excludes halogenated alkanes) is 6. The number of ether oxygens (including phenoxy) is 2. The number of hydrogen-bond acceptors (Lipinski definition) is 13. The van der Waals surface area contributed by atoms with Crippen molar-refractivity contribution in [3.8, 4) is 0 Å². The highest BCUT2D eigenvalue weighted by atomic mass is 35.5. The minimum absolute atomic E-state index is 0.0429. The Bertz CT molecular complexity index is 2740. The summed E-state index contributed by atoms with van der Waals surface area (Å²) >= 11 is 4.93. The first-order valence-electron chi connectivity index (χ1n) is 28.6. The number of aromatic nitrogens is 2. The highest BCUT2D eigenvalue weighted by Gasteiger charge is 2.56. The van der Waals surface area contributed by atoms with Crippen LogP contribution in [0.15, 0.2) is 97.3 Å². The summed E-state index contributed by atoms with van der Waals surface area (Å²) in [5, 5.41) is 5.21. The highest BCUT2D eigenvalue weighted by molar-refractivity contribution is 6.61. The van der Waals surface area contributed by atoms with Crippen molar-refractivity contribution in [2.24, 2.45) is 11.8 Å². The van der Waals surface area contributed by atoms with Gasteiger partial charge in [0.25, 0.3) is 0 Å². The Hall–Kier alpha value is -7.41. The van der Waals surface area contributed by atoms with Crippen molar-refractivity contribution in [1.29, 1.82) is 0 Å². The van der Waals surface area contributed by atoms with Gasteiger partial charge in [0.1, 0.15) is 17.9 Å². The van der Waals surface area contributed by atoms with Gasteiger partial charge in [0.15, 0.2) is 0 Å². The summed E-state index contributed by atoms with van der Waals surface area (Å²) in [5.74, 6) is -2.20. The molecule has 20 heteroatoms. The normalized spacial score (nSPS) is 20.2. The second-order valence-electron chi connectivity index (χ2n) is 21.0. The van der Waals surface area contributed by atoms with Gasteiger partial charge >= 0.3 is 23.5 Å². The number of benzene rings is 2. The number of rotatable bonds is 20. The Morgan fingerprint density at radius 2 is 1.07 bits per heavy atom. The number of pyridine rings is 2. The van der Waals surface area contributed by atoms with Crippen LogP contribution in [0, 0.1) is 11.8 Å². The zero-order valence-corrected chi connectivity index (χ0v) is 48.0. The van der Waals surface area contributed by atoms with Crippen molar-refractivity contribution >= 4 is 64.5 Å². The number of carbonyl (C=O) groups is 8. The minimum Gasteiger partial charge on any atom is -0.465 e. The number of nitrogen functional groups attached to an aromatic ring is 1. The lowest BCUT2D eigenvalue weighted by molar-refractivity contribution is -0.158. The number of urea groups is 2. The van der Waals surface area contributed by atoms with Gasteiger partial charge in [-0.2, -0.15) is 0 Å². The molecule has 4 N–H and O–H groups in total. The predicted octanol–water partition coefficient (Wildman–Crippen LogP) is 8.58. The molecule has 0 aliphatic carbocycles. The summed E-state index contributed by atoms with van der Waals surface area (Å²) in [6.45, 7) is 7.31.